The predicted octanol–water partition coefficient (Wildman–Crippen LogP) is 5.14. The second-order valence-corrected chi connectivity index (χ2v) is 16.2. The number of fused-ring (bicyclic) bond motifs is 1. The van der Waals surface area contributed by atoms with Crippen molar-refractivity contribution in [3.63, 3.8) is 0 Å². The van der Waals surface area contributed by atoms with Crippen LogP contribution >= 0.6 is 11.8 Å². The lowest BCUT2D eigenvalue weighted by molar-refractivity contribution is -0.150. The molecular formula is C33H55N3O4S. The van der Waals surface area contributed by atoms with E-state index in [1.54, 1.807) is 28.8 Å². The average Bonchev–Trinajstić information content (AvgIpc) is 3.50. The Labute approximate surface area is 253 Å². The van der Waals surface area contributed by atoms with Gasteiger partial charge in [-0.25, -0.2) is 0 Å². The third-order valence-corrected chi connectivity index (χ3v) is 11.0. The Hall–Kier alpha value is -1.80. The molecular weight excluding hydrogens is 534 g/mol. The van der Waals surface area contributed by atoms with E-state index >= 15 is 0 Å². The smallest absolute Gasteiger partial charge is 0.247 e. The molecule has 0 aromatic heterocycles. The van der Waals surface area contributed by atoms with Crippen molar-refractivity contribution in [3.8, 4) is 0 Å². The van der Waals surface area contributed by atoms with E-state index in [-0.39, 0.29) is 40.9 Å². The summed E-state index contributed by atoms with van der Waals surface area (Å²) in [7, 11) is 0. The third-order valence-electron chi connectivity index (χ3n) is 9.03. The summed E-state index contributed by atoms with van der Waals surface area (Å²) in [6.45, 7) is 25.9. The maximum Gasteiger partial charge on any atom is 0.247 e. The van der Waals surface area contributed by atoms with E-state index in [0.29, 0.717) is 32.5 Å². The van der Waals surface area contributed by atoms with Gasteiger partial charge in [0, 0.05) is 30.4 Å². The first-order valence-electron chi connectivity index (χ1n) is 15.5. The van der Waals surface area contributed by atoms with Gasteiger partial charge in [0.2, 0.25) is 17.7 Å². The molecule has 7 nitrogen and oxygen atoms in total. The molecule has 3 aliphatic heterocycles. The molecule has 3 fully saturated rings. The Morgan fingerprint density at radius 2 is 1.78 bits per heavy atom. The van der Waals surface area contributed by atoms with E-state index in [1.807, 2.05) is 16.7 Å². The summed E-state index contributed by atoms with van der Waals surface area (Å²) < 4.78 is -0.688. The first-order chi connectivity index (χ1) is 19.1. The summed E-state index contributed by atoms with van der Waals surface area (Å²) in [6, 6.07) is -1.22. The minimum absolute atomic E-state index is 0.00218. The van der Waals surface area contributed by atoms with Crippen molar-refractivity contribution in [2.75, 3.05) is 26.2 Å². The maximum atomic E-state index is 15.0. The van der Waals surface area contributed by atoms with Crippen molar-refractivity contribution in [2.45, 2.75) is 115 Å². The molecule has 2 unspecified atom stereocenters. The minimum Gasteiger partial charge on any atom is -0.394 e. The number of hydrogen-bond donors (Lipinski definition) is 1. The highest BCUT2D eigenvalue weighted by Crippen LogP contribution is 2.67. The first-order valence-corrected chi connectivity index (χ1v) is 16.4. The largest absolute Gasteiger partial charge is 0.394 e. The normalized spacial score (nSPS) is 28.1. The van der Waals surface area contributed by atoms with Crippen LogP contribution in [0.25, 0.3) is 0 Å². The number of aliphatic hydroxyl groups excluding tert-OH is 1. The summed E-state index contributed by atoms with van der Waals surface area (Å²) in [6.07, 6.45) is 7.21. The summed E-state index contributed by atoms with van der Waals surface area (Å²) in [5, 5.41) is 10.6. The molecule has 0 aromatic carbocycles. The Kier molecular flexibility index (Phi) is 10.5. The zero-order valence-electron chi connectivity index (χ0n) is 26.8. The van der Waals surface area contributed by atoms with E-state index in [0.717, 1.165) is 19.3 Å². The van der Waals surface area contributed by atoms with Crippen LogP contribution in [0.3, 0.4) is 0 Å². The van der Waals surface area contributed by atoms with Crippen LogP contribution in [-0.2, 0) is 14.4 Å². The molecule has 8 heteroatoms. The molecule has 232 valence electrons. The third kappa shape index (κ3) is 6.43. The fraction of sp³-hybridized carbons (Fsp3) is 0.788. The van der Waals surface area contributed by atoms with Crippen molar-refractivity contribution in [3.05, 3.63) is 25.3 Å². The van der Waals surface area contributed by atoms with Gasteiger partial charge in [0.25, 0.3) is 0 Å². The molecule has 0 aliphatic carbocycles. The van der Waals surface area contributed by atoms with Gasteiger partial charge < -0.3 is 19.8 Å². The van der Waals surface area contributed by atoms with Gasteiger partial charge in [0.05, 0.1) is 29.2 Å². The van der Waals surface area contributed by atoms with Crippen molar-refractivity contribution in [1.82, 2.24) is 14.7 Å². The van der Waals surface area contributed by atoms with Gasteiger partial charge >= 0.3 is 0 Å². The topological polar surface area (TPSA) is 81.2 Å². The molecule has 0 saturated carbocycles. The second-order valence-electron chi connectivity index (χ2n) is 14.6. The number of aliphatic hydroxyl groups is 1. The van der Waals surface area contributed by atoms with E-state index in [9.17, 15) is 19.5 Å². The number of nitrogens with zero attached hydrogens (tertiary/aromatic N) is 3. The summed E-state index contributed by atoms with van der Waals surface area (Å²) in [5.74, 6) is -1.05. The highest BCUT2D eigenvalue weighted by molar-refractivity contribution is 8.02. The fourth-order valence-electron chi connectivity index (χ4n) is 8.10. The van der Waals surface area contributed by atoms with Crippen LogP contribution in [0.2, 0.25) is 0 Å². The number of amides is 3. The van der Waals surface area contributed by atoms with Crippen molar-refractivity contribution in [2.24, 2.45) is 23.2 Å². The second kappa shape index (κ2) is 12.8. The van der Waals surface area contributed by atoms with Crippen molar-refractivity contribution >= 4 is 29.5 Å². The maximum absolute atomic E-state index is 15.0. The molecule has 2 bridgehead atoms. The van der Waals surface area contributed by atoms with Gasteiger partial charge in [-0.15, -0.1) is 24.9 Å². The zero-order chi connectivity index (χ0) is 30.9. The van der Waals surface area contributed by atoms with Gasteiger partial charge in [-0.05, 0) is 57.3 Å². The van der Waals surface area contributed by atoms with Crippen LogP contribution in [0.1, 0.15) is 87.5 Å². The van der Waals surface area contributed by atoms with Crippen molar-refractivity contribution in [1.29, 1.82) is 0 Å². The van der Waals surface area contributed by atoms with Crippen LogP contribution < -0.4 is 0 Å². The number of rotatable bonds is 14. The lowest BCUT2D eigenvalue weighted by Crippen LogP contribution is -2.61. The predicted molar refractivity (Wildman–Crippen MR) is 168 cm³/mol. The highest BCUT2D eigenvalue weighted by Gasteiger charge is 2.74. The van der Waals surface area contributed by atoms with Crippen LogP contribution in [0, 0.1) is 23.2 Å². The van der Waals surface area contributed by atoms with Crippen molar-refractivity contribution < 1.29 is 19.5 Å². The number of carbonyl (C=O) groups is 3. The standard InChI is InChI=1S/C33H55N3O4S/c1-11-16-34(17-12-2)28(38)25-24-14-15-33(41-24)26(25)29(39)36(23(20-37)19-22(4)5)27(33)30(40)35(18-13-3)32(9,10)21-31(6,7)8/h11,13,22-27,37H,1,3,12,14-21H2,2,4-10H3/t23-,24-,25+,26+,27?,33?/m1/s1. The number of carbonyl (C=O) groups excluding carboxylic acids is 3. The van der Waals surface area contributed by atoms with Crippen LogP contribution in [0.5, 0.6) is 0 Å². The Morgan fingerprint density at radius 3 is 2.29 bits per heavy atom. The van der Waals surface area contributed by atoms with E-state index in [4.69, 9.17) is 0 Å². The summed E-state index contributed by atoms with van der Waals surface area (Å²) in [5.41, 5.74) is -0.509. The zero-order valence-corrected chi connectivity index (χ0v) is 27.6. The molecule has 1 spiro atoms. The molecule has 41 heavy (non-hydrogen) atoms. The molecule has 0 radical (unpaired) electrons. The Balaban J connectivity index is 2.15. The van der Waals surface area contributed by atoms with Gasteiger partial charge in [-0.1, -0.05) is 53.7 Å². The average molecular weight is 590 g/mol. The molecule has 3 saturated heterocycles. The summed E-state index contributed by atoms with van der Waals surface area (Å²) in [4.78, 5) is 49.1. The molecule has 3 aliphatic rings. The molecule has 3 rings (SSSR count). The SMILES string of the molecule is C=CCN(CCC)C(=O)[C@@H]1[C@H]2C(=O)N([C@@H](CO)CC(C)C)C(C(=O)N(CC=C)C(C)(C)CC(C)(C)C)C23CC[C@H]1S3. The molecule has 3 amide bonds. The number of thioether (sulfide) groups is 1. The molecule has 1 N–H and O–H groups in total. The molecule has 0 aromatic rings. The number of likely N-dealkylation sites (tertiary alicyclic amines) is 1. The lowest BCUT2D eigenvalue weighted by Gasteiger charge is -2.46. The number of hydrogen-bond acceptors (Lipinski definition) is 5. The van der Waals surface area contributed by atoms with Crippen LogP contribution in [0.15, 0.2) is 25.3 Å². The lowest BCUT2D eigenvalue weighted by atomic mass is 9.70. The first kappa shape index (κ1) is 33.7. The highest BCUT2D eigenvalue weighted by atomic mass is 32.2. The monoisotopic (exact) mass is 589 g/mol. The Bertz CT molecular complexity index is 1000. The van der Waals surface area contributed by atoms with E-state index in [1.165, 1.54) is 0 Å². The van der Waals surface area contributed by atoms with E-state index < -0.39 is 34.2 Å². The van der Waals surface area contributed by atoms with Crippen LogP contribution in [0.4, 0.5) is 0 Å². The minimum atomic E-state index is -0.734. The molecule has 6 atom stereocenters. The van der Waals surface area contributed by atoms with Gasteiger partial charge in [0.15, 0.2) is 0 Å². The molecule has 3 heterocycles. The van der Waals surface area contributed by atoms with E-state index in [2.05, 4.69) is 61.6 Å². The summed E-state index contributed by atoms with van der Waals surface area (Å²) >= 11 is 1.70. The Morgan fingerprint density at radius 1 is 1.15 bits per heavy atom. The fourth-order valence-corrected chi connectivity index (χ4v) is 10.3. The quantitative estimate of drug-likeness (QED) is 0.284. The van der Waals surface area contributed by atoms with Gasteiger partial charge in [-0.3, -0.25) is 14.4 Å². The van der Waals surface area contributed by atoms with Crippen LogP contribution in [-0.4, -0.2) is 91.4 Å². The van der Waals surface area contributed by atoms with Gasteiger partial charge in [0.1, 0.15) is 6.04 Å². The van der Waals surface area contributed by atoms with Gasteiger partial charge in [-0.2, -0.15) is 0 Å².